The molecule has 0 spiro atoms. The van der Waals surface area contributed by atoms with Crippen molar-refractivity contribution in [1.29, 1.82) is 5.26 Å². The van der Waals surface area contributed by atoms with E-state index in [0.717, 1.165) is 17.2 Å². The Morgan fingerprint density at radius 1 is 1.06 bits per heavy atom. The number of nitriles is 1. The predicted molar refractivity (Wildman–Crippen MR) is 134 cm³/mol. The van der Waals surface area contributed by atoms with E-state index in [4.69, 9.17) is 5.26 Å². The molecule has 0 aromatic carbocycles. The average Bonchev–Trinajstić information content (AvgIpc) is 3.14. The lowest BCUT2D eigenvalue weighted by atomic mass is 9.87. The Kier molecular flexibility index (Phi) is 5.48. The summed E-state index contributed by atoms with van der Waals surface area (Å²) < 4.78 is 23.4. The van der Waals surface area contributed by atoms with Gasteiger partial charge in [-0.15, -0.1) is 0 Å². The Hall–Kier alpha value is -3.33. The molecule has 2 aromatic rings. The van der Waals surface area contributed by atoms with E-state index in [0.29, 0.717) is 31.9 Å². The predicted octanol–water partition coefficient (Wildman–Crippen LogP) is 1.57. The largest absolute Gasteiger partial charge is 0.350 e. The van der Waals surface area contributed by atoms with Gasteiger partial charge in [0.15, 0.2) is 21.3 Å². The molecular formula is C24H30N8O3S. The van der Waals surface area contributed by atoms with Crippen molar-refractivity contribution in [1.82, 2.24) is 24.8 Å². The Bertz CT molecular complexity index is 1370. The minimum Gasteiger partial charge on any atom is -0.350 e. The van der Waals surface area contributed by atoms with Gasteiger partial charge in [0.1, 0.15) is 28.8 Å². The maximum absolute atomic E-state index is 13.3. The zero-order chi connectivity index (χ0) is 26.0. The Labute approximate surface area is 211 Å². The second-order valence-corrected chi connectivity index (χ2v) is 13.4. The Balaban J connectivity index is 1.46. The van der Waals surface area contributed by atoms with E-state index in [2.05, 4.69) is 38.7 Å². The first-order valence-corrected chi connectivity index (χ1v) is 13.7. The van der Waals surface area contributed by atoms with Crippen molar-refractivity contribution < 1.29 is 13.2 Å². The van der Waals surface area contributed by atoms with E-state index in [-0.39, 0.29) is 34.9 Å². The van der Waals surface area contributed by atoms with Gasteiger partial charge < -0.3 is 14.7 Å². The van der Waals surface area contributed by atoms with Crippen molar-refractivity contribution in [2.45, 2.75) is 63.3 Å². The number of fused-ring (bicyclic) bond motifs is 1. The van der Waals surface area contributed by atoms with Crippen molar-refractivity contribution >= 4 is 33.2 Å². The van der Waals surface area contributed by atoms with Crippen LogP contribution < -0.4 is 9.80 Å². The number of sulfone groups is 1. The van der Waals surface area contributed by atoms with E-state index in [1.54, 1.807) is 18.0 Å². The quantitative estimate of drug-likeness (QED) is 0.598. The average molecular weight is 511 g/mol. The summed E-state index contributed by atoms with van der Waals surface area (Å²) in [6, 6.07) is 1.73. The summed E-state index contributed by atoms with van der Waals surface area (Å²) in [7, 11) is -3.40. The first-order chi connectivity index (χ1) is 16.9. The Morgan fingerprint density at radius 3 is 2.36 bits per heavy atom. The maximum Gasteiger partial charge on any atom is 0.244 e. The number of rotatable bonds is 3. The highest BCUT2D eigenvalue weighted by Crippen LogP contribution is 2.47. The highest BCUT2D eigenvalue weighted by molar-refractivity contribution is 7.95. The van der Waals surface area contributed by atoms with Crippen LogP contribution >= 0.6 is 0 Å². The van der Waals surface area contributed by atoms with Crippen molar-refractivity contribution in [3.8, 4) is 6.07 Å². The lowest BCUT2D eigenvalue weighted by Gasteiger charge is -2.49. The number of hydrogen-bond donors (Lipinski definition) is 0. The molecule has 0 unspecified atom stereocenters. The SMILES string of the molecule is C[C@@H]1CN(c2ncnc3c2C(C)(C)CN3c2cnc(C#N)cn2)[C@@H](C)CN1C(=O)[C@]1(C)CCS1(=O)=O. The molecule has 1 amide bonds. The van der Waals surface area contributed by atoms with Gasteiger partial charge in [0.25, 0.3) is 0 Å². The molecule has 5 heterocycles. The first kappa shape index (κ1) is 24.4. The third kappa shape index (κ3) is 3.51. The summed E-state index contributed by atoms with van der Waals surface area (Å²) in [5.74, 6) is 1.93. The minimum absolute atomic E-state index is 0.0708. The second-order valence-electron chi connectivity index (χ2n) is 10.8. The summed E-state index contributed by atoms with van der Waals surface area (Å²) in [5, 5.41) is 9.06. The van der Waals surface area contributed by atoms with Gasteiger partial charge in [-0.2, -0.15) is 5.26 Å². The standard InChI is InChI=1S/C24H30N8O3S/c1-15-12-31(22(33)24(5)6-7-36(24,34)35)16(2)11-30(15)20-19-21(29-14-28-20)32(13-23(19,3)4)18-10-26-17(8-25)9-27-18/h9-10,14-16H,6-7,11-13H2,1-5H3/t15-,16+,24-/m0/s1. The van der Waals surface area contributed by atoms with Crippen LogP contribution in [0, 0.1) is 11.3 Å². The molecule has 3 atom stereocenters. The highest BCUT2D eigenvalue weighted by Gasteiger charge is 2.57. The van der Waals surface area contributed by atoms with Crippen molar-refractivity contribution in [2.24, 2.45) is 0 Å². The van der Waals surface area contributed by atoms with Crippen LogP contribution in [0.25, 0.3) is 0 Å². The van der Waals surface area contributed by atoms with Crippen LogP contribution in [0.4, 0.5) is 17.5 Å². The van der Waals surface area contributed by atoms with E-state index in [1.807, 2.05) is 24.8 Å². The van der Waals surface area contributed by atoms with Gasteiger partial charge in [-0.1, -0.05) is 13.8 Å². The van der Waals surface area contributed by atoms with Gasteiger partial charge in [-0.05, 0) is 27.2 Å². The molecule has 36 heavy (non-hydrogen) atoms. The van der Waals surface area contributed by atoms with Crippen molar-refractivity contribution in [2.75, 3.05) is 35.2 Å². The molecule has 0 radical (unpaired) electrons. The number of aromatic nitrogens is 4. The molecule has 0 saturated carbocycles. The first-order valence-electron chi connectivity index (χ1n) is 12.0. The third-order valence-corrected chi connectivity index (χ3v) is 10.3. The van der Waals surface area contributed by atoms with Crippen LogP contribution in [0.1, 0.15) is 52.3 Å². The number of amides is 1. The smallest absolute Gasteiger partial charge is 0.244 e. The van der Waals surface area contributed by atoms with Gasteiger partial charge >= 0.3 is 0 Å². The minimum atomic E-state index is -3.40. The number of anilines is 3. The number of carbonyl (C=O) groups is 1. The maximum atomic E-state index is 13.3. The van der Waals surface area contributed by atoms with Crippen LogP contribution in [0.15, 0.2) is 18.7 Å². The molecule has 0 bridgehead atoms. The van der Waals surface area contributed by atoms with Crippen molar-refractivity contribution in [3.05, 3.63) is 30.0 Å². The van der Waals surface area contributed by atoms with Gasteiger partial charge in [-0.25, -0.2) is 28.4 Å². The lowest BCUT2D eigenvalue weighted by Crippen LogP contribution is -2.66. The molecule has 0 N–H and O–H groups in total. The summed E-state index contributed by atoms with van der Waals surface area (Å²) in [6.07, 6.45) is 4.94. The third-order valence-electron chi connectivity index (χ3n) is 7.83. The van der Waals surface area contributed by atoms with Gasteiger partial charge in [0.05, 0.1) is 18.1 Å². The Morgan fingerprint density at radius 2 is 1.78 bits per heavy atom. The van der Waals surface area contributed by atoms with Crippen LogP contribution in [-0.2, 0) is 20.0 Å². The molecule has 5 rings (SSSR count). The number of hydrogen-bond acceptors (Lipinski definition) is 10. The van der Waals surface area contributed by atoms with Gasteiger partial charge in [0.2, 0.25) is 5.91 Å². The summed E-state index contributed by atoms with van der Waals surface area (Å²) in [4.78, 5) is 37.1. The summed E-state index contributed by atoms with van der Waals surface area (Å²) in [6.45, 7) is 11.4. The number of carbonyl (C=O) groups excluding carboxylic acids is 1. The molecule has 190 valence electrons. The lowest BCUT2D eigenvalue weighted by molar-refractivity contribution is -0.137. The topological polar surface area (TPSA) is 136 Å². The molecular weight excluding hydrogens is 480 g/mol. The molecule has 3 aliphatic heterocycles. The van der Waals surface area contributed by atoms with Gasteiger partial charge in [-0.3, -0.25) is 4.79 Å². The number of nitrogens with zero attached hydrogens (tertiary/aromatic N) is 8. The fourth-order valence-electron chi connectivity index (χ4n) is 5.48. The van der Waals surface area contributed by atoms with E-state index >= 15 is 0 Å². The van der Waals surface area contributed by atoms with Crippen LogP contribution in [0.3, 0.4) is 0 Å². The molecule has 2 fully saturated rings. The second kappa shape index (κ2) is 8.09. The normalized spacial score (nSPS) is 28.3. The monoisotopic (exact) mass is 510 g/mol. The molecule has 2 aromatic heterocycles. The number of piperazine rings is 1. The molecule has 12 heteroatoms. The zero-order valence-electron chi connectivity index (χ0n) is 21.1. The van der Waals surface area contributed by atoms with E-state index in [1.165, 1.54) is 12.5 Å². The van der Waals surface area contributed by atoms with Crippen molar-refractivity contribution in [3.63, 3.8) is 0 Å². The van der Waals surface area contributed by atoms with E-state index in [9.17, 15) is 13.2 Å². The van der Waals surface area contributed by atoms with Gasteiger partial charge in [0, 0.05) is 42.7 Å². The van der Waals surface area contributed by atoms with Crippen LogP contribution in [-0.4, -0.2) is 81.4 Å². The molecule has 2 saturated heterocycles. The molecule has 0 aliphatic carbocycles. The van der Waals surface area contributed by atoms with E-state index < -0.39 is 14.6 Å². The fourth-order valence-corrected chi connectivity index (χ4v) is 7.01. The molecule has 11 nitrogen and oxygen atoms in total. The van der Waals surface area contributed by atoms with Crippen LogP contribution in [0.2, 0.25) is 0 Å². The summed E-state index contributed by atoms with van der Waals surface area (Å²) >= 11 is 0. The highest BCUT2D eigenvalue weighted by atomic mass is 32.2. The summed E-state index contributed by atoms with van der Waals surface area (Å²) in [5.41, 5.74) is 0.938. The zero-order valence-corrected chi connectivity index (χ0v) is 21.9. The molecule has 3 aliphatic rings. The fraction of sp³-hybridized carbons (Fsp3) is 0.583. The van der Waals surface area contributed by atoms with Crippen LogP contribution in [0.5, 0.6) is 0 Å².